The molecule has 1 atom stereocenters. The maximum absolute atomic E-state index is 6.58. The highest BCUT2D eigenvalue weighted by molar-refractivity contribution is 6.32. The van der Waals surface area contributed by atoms with Gasteiger partial charge in [-0.2, -0.15) is 10.1 Å². The third-order valence-electron chi connectivity index (χ3n) is 6.38. The van der Waals surface area contributed by atoms with Crippen molar-refractivity contribution in [2.45, 2.75) is 19.1 Å². The minimum absolute atomic E-state index is 0.0243. The number of para-hydroxylation sites is 1. The molecule has 1 aliphatic rings. The topological polar surface area (TPSA) is 56.1 Å². The molecule has 1 saturated heterocycles. The van der Waals surface area contributed by atoms with Crippen LogP contribution in [0.4, 0.5) is 0 Å². The number of nitrogens with zero attached hydrogens (tertiary/aromatic N) is 5. The van der Waals surface area contributed by atoms with Crippen LogP contribution in [-0.4, -0.2) is 43.8 Å². The van der Waals surface area contributed by atoms with E-state index in [1.54, 1.807) is 0 Å². The summed E-state index contributed by atoms with van der Waals surface area (Å²) in [6.45, 7) is 2.70. The highest BCUT2D eigenvalue weighted by Gasteiger charge is 2.27. The van der Waals surface area contributed by atoms with Gasteiger partial charge in [0.2, 0.25) is 5.88 Å². The first-order valence-corrected chi connectivity index (χ1v) is 12.6. The summed E-state index contributed by atoms with van der Waals surface area (Å²) in [5.41, 5.74) is 5.07. The molecular formula is C28H23Cl2N5O. The predicted octanol–water partition coefficient (Wildman–Crippen LogP) is 6.44. The van der Waals surface area contributed by atoms with E-state index in [1.807, 2.05) is 59.3 Å². The normalized spacial score (nSPS) is 16.0. The zero-order valence-corrected chi connectivity index (χ0v) is 20.9. The molecule has 0 saturated carbocycles. The average molecular weight is 516 g/mol. The Morgan fingerprint density at radius 1 is 0.861 bits per heavy atom. The molecule has 180 valence electrons. The largest absolute Gasteiger partial charge is 0.471 e. The van der Waals surface area contributed by atoms with E-state index in [0.717, 1.165) is 43.0 Å². The van der Waals surface area contributed by atoms with Gasteiger partial charge in [0.15, 0.2) is 5.52 Å². The van der Waals surface area contributed by atoms with Crippen LogP contribution >= 0.6 is 23.2 Å². The Hall–Kier alpha value is -3.45. The Bertz CT molecular complexity index is 1500. The van der Waals surface area contributed by atoms with E-state index in [9.17, 15) is 0 Å². The molecule has 0 radical (unpaired) electrons. The first kappa shape index (κ1) is 23.0. The molecule has 1 aliphatic heterocycles. The number of hydrogen-bond donors (Lipinski definition) is 0. The van der Waals surface area contributed by atoms with E-state index in [0.29, 0.717) is 27.0 Å². The molecule has 8 heteroatoms. The van der Waals surface area contributed by atoms with Gasteiger partial charge in [-0.3, -0.25) is 4.90 Å². The van der Waals surface area contributed by atoms with Crippen LogP contribution in [0.2, 0.25) is 10.0 Å². The molecule has 3 aromatic carbocycles. The molecule has 0 aliphatic carbocycles. The number of likely N-dealkylation sites (tertiary alicyclic amines) is 1. The quantitative estimate of drug-likeness (QED) is 0.260. The van der Waals surface area contributed by atoms with Crippen LogP contribution in [0.1, 0.15) is 12.0 Å². The van der Waals surface area contributed by atoms with Gasteiger partial charge in [0.25, 0.3) is 0 Å². The van der Waals surface area contributed by atoms with Gasteiger partial charge < -0.3 is 4.74 Å². The molecular weight excluding hydrogens is 493 g/mol. The third kappa shape index (κ3) is 4.55. The van der Waals surface area contributed by atoms with Gasteiger partial charge in [-0.15, -0.1) is 0 Å². The molecule has 1 unspecified atom stereocenters. The summed E-state index contributed by atoms with van der Waals surface area (Å²) in [7, 11) is 0. The summed E-state index contributed by atoms with van der Waals surface area (Å²) in [4.78, 5) is 11.5. The second-order valence-electron chi connectivity index (χ2n) is 8.84. The van der Waals surface area contributed by atoms with E-state index in [-0.39, 0.29) is 6.10 Å². The highest BCUT2D eigenvalue weighted by atomic mass is 35.5. The number of ether oxygens (including phenoxy) is 1. The standard InChI is InChI=1S/C28H23Cl2N5O/c29-21-12-10-20(11-13-21)27-25-26(33-35(27)24-9-5-4-8-23(24)30)28(32-18-31-25)36-22-14-15-34(17-22)16-19-6-2-1-3-7-19/h1-13,18,22H,14-17H2. The van der Waals surface area contributed by atoms with Crippen molar-refractivity contribution in [1.82, 2.24) is 24.6 Å². The Kier molecular flexibility index (Phi) is 6.32. The molecule has 36 heavy (non-hydrogen) atoms. The third-order valence-corrected chi connectivity index (χ3v) is 6.95. The first-order chi connectivity index (χ1) is 17.7. The Labute approximate surface area is 219 Å². The van der Waals surface area contributed by atoms with Crippen molar-refractivity contribution < 1.29 is 4.74 Å². The van der Waals surface area contributed by atoms with E-state index >= 15 is 0 Å². The summed E-state index contributed by atoms with van der Waals surface area (Å²) in [6, 6.07) is 25.7. The van der Waals surface area contributed by atoms with Gasteiger partial charge in [-0.1, -0.05) is 77.8 Å². The van der Waals surface area contributed by atoms with Crippen molar-refractivity contribution in [1.29, 1.82) is 0 Å². The van der Waals surface area contributed by atoms with Crippen LogP contribution in [-0.2, 0) is 6.54 Å². The second kappa shape index (κ2) is 9.90. The van der Waals surface area contributed by atoms with Crippen molar-refractivity contribution in [2.75, 3.05) is 13.1 Å². The van der Waals surface area contributed by atoms with Gasteiger partial charge in [-0.05, 0) is 36.2 Å². The van der Waals surface area contributed by atoms with E-state index < -0.39 is 0 Å². The number of rotatable bonds is 6. The summed E-state index contributed by atoms with van der Waals surface area (Å²) >= 11 is 12.7. The summed E-state index contributed by atoms with van der Waals surface area (Å²) in [6.07, 6.45) is 2.48. The van der Waals surface area contributed by atoms with Crippen molar-refractivity contribution in [2.24, 2.45) is 0 Å². The van der Waals surface area contributed by atoms with Crippen molar-refractivity contribution >= 4 is 34.2 Å². The number of aromatic nitrogens is 4. The van der Waals surface area contributed by atoms with E-state index in [2.05, 4.69) is 39.1 Å². The first-order valence-electron chi connectivity index (χ1n) is 11.8. The molecule has 5 aromatic rings. The monoisotopic (exact) mass is 515 g/mol. The Balaban J connectivity index is 1.36. The fourth-order valence-electron chi connectivity index (χ4n) is 4.66. The Morgan fingerprint density at radius 2 is 1.64 bits per heavy atom. The molecule has 2 aromatic heterocycles. The molecule has 0 N–H and O–H groups in total. The van der Waals surface area contributed by atoms with Crippen LogP contribution in [0.25, 0.3) is 28.0 Å². The smallest absolute Gasteiger partial charge is 0.246 e. The fraction of sp³-hybridized carbons (Fsp3) is 0.179. The van der Waals surface area contributed by atoms with Crippen molar-refractivity contribution in [3.63, 3.8) is 0 Å². The average Bonchev–Trinajstić information content (AvgIpc) is 3.50. The van der Waals surface area contributed by atoms with Gasteiger partial charge in [-0.25, -0.2) is 9.67 Å². The molecule has 6 rings (SSSR count). The maximum atomic E-state index is 6.58. The second-order valence-corrected chi connectivity index (χ2v) is 9.69. The number of fused-ring (bicyclic) bond motifs is 1. The van der Waals surface area contributed by atoms with Crippen molar-refractivity contribution in [3.8, 4) is 22.8 Å². The van der Waals surface area contributed by atoms with Crippen LogP contribution in [0.5, 0.6) is 5.88 Å². The number of benzene rings is 3. The highest BCUT2D eigenvalue weighted by Crippen LogP contribution is 2.35. The fourth-order valence-corrected chi connectivity index (χ4v) is 5.01. The minimum atomic E-state index is 0.0243. The Morgan fingerprint density at radius 3 is 2.44 bits per heavy atom. The lowest BCUT2D eigenvalue weighted by Crippen LogP contribution is -2.24. The zero-order chi connectivity index (χ0) is 24.5. The predicted molar refractivity (Wildman–Crippen MR) is 143 cm³/mol. The zero-order valence-electron chi connectivity index (χ0n) is 19.4. The van der Waals surface area contributed by atoms with Gasteiger partial charge >= 0.3 is 0 Å². The van der Waals surface area contributed by atoms with E-state index in [1.165, 1.54) is 11.9 Å². The minimum Gasteiger partial charge on any atom is -0.471 e. The maximum Gasteiger partial charge on any atom is 0.246 e. The summed E-state index contributed by atoms with van der Waals surface area (Å²) in [5.74, 6) is 0.479. The SMILES string of the molecule is Clc1ccc(-c2c3ncnc(OC4CCN(Cc5ccccc5)C4)c3nn2-c2ccccc2Cl)cc1. The van der Waals surface area contributed by atoms with Crippen LogP contribution in [0.15, 0.2) is 85.2 Å². The number of halogens is 2. The van der Waals surface area contributed by atoms with Gasteiger partial charge in [0.1, 0.15) is 23.6 Å². The van der Waals surface area contributed by atoms with E-state index in [4.69, 9.17) is 33.0 Å². The summed E-state index contributed by atoms with van der Waals surface area (Å²) < 4.78 is 8.24. The van der Waals surface area contributed by atoms with Gasteiger partial charge in [0.05, 0.1) is 10.7 Å². The van der Waals surface area contributed by atoms with Crippen LogP contribution in [0, 0.1) is 0 Å². The molecule has 1 fully saturated rings. The molecule has 0 bridgehead atoms. The molecule has 3 heterocycles. The lowest BCUT2D eigenvalue weighted by molar-refractivity contribution is 0.193. The van der Waals surface area contributed by atoms with Crippen LogP contribution in [0.3, 0.4) is 0 Å². The molecule has 0 spiro atoms. The lowest BCUT2D eigenvalue weighted by Gasteiger charge is -2.16. The summed E-state index contributed by atoms with van der Waals surface area (Å²) in [5, 5.41) is 6.15. The van der Waals surface area contributed by atoms with Crippen molar-refractivity contribution in [3.05, 3.63) is 101 Å². The molecule has 6 nitrogen and oxygen atoms in total. The van der Waals surface area contributed by atoms with Gasteiger partial charge in [0, 0.05) is 30.2 Å². The van der Waals surface area contributed by atoms with Crippen LogP contribution < -0.4 is 4.74 Å². The number of hydrogen-bond acceptors (Lipinski definition) is 5. The molecule has 0 amide bonds. The lowest BCUT2D eigenvalue weighted by atomic mass is 10.1.